The van der Waals surface area contributed by atoms with Crippen LogP contribution in [0.5, 0.6) is 0 Å². The van der Waals surface area contributed by atoms with Crippen molar-refractivity contribution in [2.24, 2.45) is 0 Å². The standard InChI is InChI=1S/C18H16ClN3OS/c19-12-5-3-6-13(11-12)20-18(23)22-10-4-8-15(22)17-21-14-7-1-2-9-16(14)24-17/h1-3,5-7,9,11,15H,4,8,10H2,(H,20,23). The smallest absolute Gasteiger partial charge is 0.315 e. The van der Waals surface area contributed by atoms with Gasteiger partial charge in [-0.25, -0.2) is 9.78 Å². The van der Waals surface area contributed by atoms with Crippen molar-refractivity contribution in [3.63, 3.8) is 0 Å². The second-order valence-electron chi connectivity index (χ2n) is 5.81. The van der Waals surface area contributed by atoms with Crippen LogP contribution in [0.3, 0.4) is 0 Å². The molecule has 6 heteroatoms. The number of nitrogens with one attached hydrogen (secondary N) is 1. The van der Waals surface area contributed by atoms with Crippen molar-refractivity contribution in [3.05, 3.63) is 58.6 Å². The maximum absolute atomic E-state index is 12.7. The highest BCUT2D eigenvalue weighted by molar-refractivity contribution is 7.18. The van der Waals surface area contributed by atoms with Gasteiger partial charge in [-0.05, 0) is 43.2 Å². The second-order valence-corrected chi connectivity index (χ2v) is 7.31. The van der Waals surface area contributed by atoms with Gasteiger partial charge in [0.15, 0.2) is 0 Å². The number of anilines is 1. The molecule has 0 radical (unpaired) electrons. The summed E-state index contributed by atoms with van der Waals surface area (Å²) in [6.07, 6.45) is 1.94. The molecular weight excluding hydrogens is 342 g/mol. The molecule has 4 rings (SSSR count). The average molecular weight is 358 g/mol. The fourth-order valence-corrected chi connectivity index (χ4v) is 4.37. The van der Waals surface area contributed by atoms with Gasteiger partial charge in [0, 0.05) is 17.3 Å². The highest BCUT2D eigenvalue weighted by atomic mass is 35.5. The molecule has 4 nitrogen and oxygen atoms in total. The van der Waals surface area contributed by atoms with Gasteiger partial charge in [-0.15, -0.1) is 11.3 Å². The van der Waals surface area contributed by atoms with Gasteiger partial charge in [0.25, 0.3) is 0 Å². The topological polar surface area (TPSA) is 45.2 Å². The number of nitrogens with zero attached hydrogens (tertiary/aromatic N) is 2. The van der Waals surface area contributed by atoms with Gasteiger partial charge in [-0.1, -0.05) is 29.8 Å². The zero-order valence-corrected chi connectivity index (χ0v) is 14.5. The van der Waals surface area contributed by atoms with E-state index in [9.17, 15) is 4.79 Å². The number of urea groups is 1. The fourth-order valence-electron chi connectivity index (χ4n) is 3.06. The molecule has 1 atom stereocenters. The van der Waals surface area contributed by atoms with Crippen LogP contribution in [0.1, 0.15) is 23.9 Å². The highest BCUT2D eigenvalue weighted by Gasteiger charge is 2.32. The number of likely N-dealkylation sites (tertiary alicyclic amines) is 1. The van der Waals surface area contributed by atoms with Gasteiger partial charge in [0.05, 0.1) is 16.3 Å². The van der Waals surface area contributed by atoms with Crippen molar-refractivity contribution < 1.29 is 4.79 Å². The number of hydrogen-bond acceptors (Lipinski definition) is 3. The molecule has 1 aromatic heterocycles. The van der Waals surface area contributed by atoms with Crippen molar-refractivity contribution in [1.29, 1.82) is 0 Å². The molecule has 1 N–H and O–H groups in total. The molecule has 2 heterocycles. The van der Waals surface area contributed by atoms with Gasteiger partial charge >= 0.3 is 6.03 Å². The van der Waals surface area contributed by atoms with Crippen LogP contribution in [0.2, 0.25) is 5.02 Å². The Morgan fingerprint density at radius 2 is 2.12 bits per heavy atom. The van der Waals surface area contributed by atoms with Gasteiger partial charge < -0.3 is 10.2 Å². The van der Waals surface area contributed by atoms with E-state index in [1.54, 1.807) is 23.5 Å². The molecule has 1 aliphatic rings. The highest BCUT2D eigenvalue weighted by Crippen LogP contribution is 2.36. The molecule has 1 unspecified atom stereocenters. The summed E-state index contributed by atoms with van der Waals surface area (Å²) in [5.41, 5.74) is 1.71. The molecule has 1 fully saturated rings. The molecular formula is C18H16ClN3OS. The number of carbonyl (C=O) groups is 1. The Morgan fingerprint density at radius 1 is 1.25 bits per heavy atom. The summed E-state index contributed by atoms with van der Waals surface area (Å²) in [4.78, 5) is 19.3. The number of fused-ring (bicyclic) bond motifs is 1. The van der Waals surface area contributed by atoms with Crippen molar-refractivity contribution >= 4 is 44.9 Å². The quantitative estimate of drug-likeness (QED) is 0.674. The van der Waals surface area contributed by atoms with E-state index in [2.05, 4.69) is 11.4 Å². The molecule has 0 aliphatic carbocycles. The lowest BCUT2D eigenvalue weighted by Gasteiger charge is -2.23. The number of amides is 2. The molecule has 24 heavy (non-hydrogen) atoms. The third kappa shape index (κ3) is 2.97. The Kier molecular flexibility index (Phi) is 4.12. The largest absolute Gasteiger partial charge is 0.322 e. The molecule has 1 saturated heterocycles. The molecule has 1 aliphatic heterocycles. The minimum Gasteiger partial charge on any atom is -0.315 e. The van der Waals surface area contributed by atoms with Crippen LogP contribution in [-0.4, -0.2) is 22.5 Å². The van der Waals surface area contributed by atoms with Crippen LogP contribution in [0.25, 0.3) is 10.2 Å². The number of para-hydroxylation sites is 1. The molecule has 0 bridgehead atoms. The van der Waals surface area contributed by atoms with Crippen LogP contribution in [0.4, 0.5) is 10.5 Å². The van der Waals surface area contributed by atoms with Crippen LogP contribution < -0.4 is 5.32 Å². The molecule has 0 spiro atoms. The number of hydrogen-bond donors (Lipinski definition) is 1. The van der Waals surface area contributed by atoms with E-state index in [0.717, 1.165) is 34.6 Å². The van der Waals surface area contributed by atoms with E-state index in [1.165, 1.54) is 0 Å². The summed E-state index contributed by atoms with van der Waals surface area (Å²) in [5, 5.41) is 4.56. The number of carbonyl (C=O) groups excluding carboxylic acids is 1. The Bertz CT molecular complexity index is 862. The van der Waals surface area contributed by atoms with Gasteiger partial charge in [-0.2, -0.15) is 0 Å². The minimum absolute atomic E-state index is 0.0431. The summed E-state index contributed by atoms with van der Waals surface area (Å²) in [5.74, 6) is 0. The van der Waals surface area contributed by atoms with Crippen LogP contribution >= 0.6 is 22.9 Å². The molecule has 2 aromatic carbocycles. The first kappa shape index (κ1) is 15.4. The first-order valence-electron chi connectivity index (χ1n) is 7.89. The van der Waals surface area contributed by atoms with Crippen molar-refractivity contribution in [1.82, 2.24) is 9.88 Å². The SMILES string of the molecule is O=C(Nc1cccc(Cl)c1)N1CCCC1c1nc2ccccc2s1. The summed E-state index contributed by atoms with van der Waals surface area (Å²) < 4.78 is 1.16. The summed E-state index contributed by atoms with van der Waals surface area (Å²) >= 11 is 7.66. The maximum Gasteiger partial charge on any atom is 0.322 e. The van der Waals surface area contributed by atoms with Gasteiger partial charge in [-0.3, -0.25) is 0 Å². The van der Waals surface area contributed by atoms with Crippen LogP contribution in [-0.2, 0) is 0 Å². The molecule has 122 valence electrons. The molecule has 3 aromatic rings. The van der Waals surface area contributed by atoms with Crippen molar-refractivity contribution in [2.75, 3.05) is 11.9 Å². The normalized spacial score (nSPS) is 17.4. The average Bonchev–Trinajstić information content (AvgIpc) is 3.21. The fraction of sp³-hybridized carbons (Fsp3) is 0.222. The number of aromatic nitrogens is 1. The number of rotatable bonds is 2. The van der Waals surface area contributed by atoms with Crippen LogP contribution in [0, 0.1) is 0 Å². The van der Waals surface area contributed by atoms with E-state index in [1.807, 2.05) is 35.2 Å². The predicted octanol–water partition coefficient (Wildman–Crippen LogP) is 5.32. The lowest BCUT2D eigenvalue weighted by Crippen LogP contribution is -2.34. The van der Waals surface area contributed by atoms with E-state index in [0.29, 0.717) is 10.7 Å². The third-order valence-corrected chi connectivity index (χ3v) is 5.56. The maximum atomic E-state index is 12.7. The minimum atomic E-state index is -0.0981. The van der Waals surface area contributed by atoms with E-state index < -0.39 is 0 Å². The third-order valence-electron chi connectivity index (χ3n) is 4.19. The lowest BCUT2D eigenvalue weighted by atomic mass is 10.2. The Balaban J connectivity index is 1.56. The monoisotopic (exact) mass is 357 g/mol. The number of thiazole rings is 1. The first-order valence-corrected chi connectivity index (χ1v) is 9.09. The molecule has 0 saturated carbocycles. The first-order chi connectivity index (χ1) is 11.7. The summed E-state index contributed by atoms with van der Waals surface area (Å²) in [7, 11) is 0. The van der Waals surface area contributed by atoms with E-state index in [-0.39, 0.29) is 12.1 Å². The zero-order chi connectivity index (χ0) is 16.5. The summed E-state index contributed by atoms with van der Waals surface area (Å²) in [6, 6.07) is 15.2. The van der Waals surface area contributed by atoms with Crippen molar-refractivity contribution in [3.8, 4) is 0 Å². The number of benzene rings is 2. The number of halogens is 1. The van der Waals surface area contributed by atoms with E-state index in [4.69, 9.17) is 16.6 Å². The molecule has 2 amide bonds. The van der Waals surface area contributed by atoms with Crippen LogP contribution in [0.15, 0.2) is 48.5 Å². The Hall–Kier alpha value is -2.11. The Morgan fingerprint density at radius 3 is 2.96 bits per heavy atom. The second kappa shape index (κ2) is 6.42. The van der Waals surface area contributed by atoms with Gasteiger partial charge in [0.2, 0.25) is 0 Å². The van der Waals surface area contributed by atoms with Gasteiger partial charge in [0.1, 0.15) is 5.01 Å². The van der Waals surface area contributed by atoms with E-state index >= 15 is 0 Å². The Labute approximate surface area is 149 Å². The van der Waals surface area contributed by atoms with Crippen molar-refractivity contribution in [2.45, 2.75) is 18.9 Å². The lowest BCUT2D eigenvalue weighted by molar-refractivity contribution is 0.207. The zero-order valence-electron chi connectivity index (χ0n) is 12.9. The predicted molar refractivity (Wildman–Crippen MR) is 98.8 cm³/mol. The summed E-state index contributed by atoms with van der Waals surface area (Å²) in [6.45, 7) is 0.743.